The van der Waals surface area contributed by atoms with Gasteiger partial charge in [0.05, 0.1) is 11.1 Å². The van der Waals surface area contributed by atoms with Crippen LogP contribution in [0.3, 0.4) is 0 Å². The van der Waals surface area contributed by atoms with Gasteiger partial charge in [0.2, 0.25) is 0 Å². The van der Waals surface area contributed by atoms with Crippen molar-refractivity contribution in [1.29, 1.82) is 0 Å². The van der Waals surface area contributed by atoms with Gasteiger partial charge in [-0.1, -0.05) is 190 Å². The maximum Gasteiger partial charge on any atom is 0.159 e. The highest BCUT2D eigenvalue weighted by Gasteiger charge is 2.47. The fourth-order valence-electron chi connectivity index (χ4n) is 10.7. The van der Waals surface area contributed by atoms with Crippen molar-refractivity contribution in [3.8, 4) is 33.4 Å². The van der Waals surface area contributed by atoms with Crippen LogP contribution < -0.4 is 4.90 Å². The van der Waals surface area contributed by atoms with Crippen LogP contribution in [0.4, 0.5) is 17.1 Å². The first-order chi connectivity index (χ1) is 29.5. The van der Waals surface area contributed by atoms with Crippen LogP contribution >= 0.6 is 0 Å². The van der Waals surface area contributed by atoms with Gasteiger partial charge in [-0.2, -0.15) is 0 Å². The number of anilines is 3. The van der Waals surface area contributed by atoms with Gasteiger partial charge >= 0.3 is 0 Å². The fraction of sp³-hybridized carbons (Fsp3) is 0.0690. The summed E-state index contributed by atoms with van der Waals surface area (Å²) in [6, 6.07) is 77.8. The molecule has 2 aliphatic rings. The first-order valence-corrected chi connectivity index (χ1v) is 20.9. The maximum atomic E-state index is 7.20. The van der Waals surface area contributed by atoms with Crippen LogP contribution in [-0.2, 0) is 10.8 Å². The lowest BCUT2D eigenvalue weighted by atomic mass is 9.66. The molecule has 0 unspecified atom stereocenters. The molecule has 0 radical (unpaired) electrons. The standard InChI is InChI=1S/C58H41NO/c1-57(2)48-25-13-9-21-43(48)46-34-33-42(37-52(46)57)59(41-31-29-39(30-32-41)38-17-5-3-6-18-38)53-36-35-51(55-47-24-12-16-28-54(47)60-56(53)55)58(40-19-7-4-8-20-40)49-26-14-10-22-44(49)45-23-11-15-27-50(45)58/h3-37H,1-2H3. The van der Waals surface area contributed by atoms with Crippen LogP contribution in [0.2, 0.25) is 0 Å². The zero-order valence-corrected chi connectivity index (χ0v) is 33.6. The molecule has 0 spiro atoms. The Hall–Kier alpha value is -7.42. The van der Waals surface area contributed by atoms with Crippen LogP contribution in [-0.4, -0.2) is 0 Å². The highest BCUT2D eigenvalue weighted by atomic mass is 16.3. The number of para-hydroxylation sites is 1. The van der Waals surface area contributed by atoms with Crippen molar-refractivity contribution in [2.45, 2.75) is 24.7 Å². The Balaban J connectivity index is 1.16. The molecule has 0 N–H and O–H groups in total. The summed E-state index contributed by atoms with van der Waals surface area (Å²) < 4.78 is 7.20. The summed E-state index contributed by atoms with van der Waals surface area (Å²) in [6.45, 7) is 4.71. The zero-order chi connectivity index (χ0) is 40.0. The van der Waals surface area contributed by atoms with E-state index in [2.05, 4.69) is 231 Å². The van der Waals surface area contributed by atoms with Gasteiger partial charge in [0, 0.05) is 27.6 Å². The second-order valence-corrected chi connectivity index (χ2v) is 16.8. The number of fused-ring (bicyclic) bond motifs is 9. The van der Waals surface area contributed by atoms with Crippen molar-refractivity contribution >= 4 is 39.0 Å². The van der Waals surface area contributed by atoms with Crippen LogP contribution in [0.5, 0.6) is 0 Å². The molecule has 0 bridgehead atoms. The largest absolute Gasteiger partial charge is 0.454 e. The molecular weight excluding hydrogens is 727 g/mol. The van der Waals surface area contributed by atoms with Crippen molar-refractivity contribution in [3.63, 3.8) is 0 Å². The smallest absolute Gasteiger partial charge is 0.159 e. The zero-order valence-electron chi connectivity index (χ0n) is 33.6. The molecule has 0 saturated heterocycles. The first kappa shape index (κ1) is 34.6. The predicted molar refractivity (Wildman–Crippen MR) is 249 cm³/mol. The molecular formula is C58H41NO. The topological polar surface area (TPSA) is 16.4 Å². The highest BCUT2D eigenvalue weighted by molar-refractivity contribution is 6.13. The molecule has 0 aliphatic heterocycles. The van der Waals surface area contributed by atoms with Gasteiger partial charge in [0.15, 0.2) is 5.58 Å². The van der Waals surface area contributed by atoms with Gasteiger partial charge in [-0.15, -0.1) is 0 Å². The van der Waals surface area contributed by atoms with Crippen molar-refractivity contribution in [2.75, 3.05) is 4.90 Å². The second-order valence-electron chi connectivity index (χ2n) is 16.8. The Kier molecular flexibility index (Phi) is 7.52. The van der Waals surface area contributed by atoms with E-state index in [1.165, 1.54) is 66.8 Å². The molecule has 1 aromatic heterocycles. The molecule has 0 amide bonds. The average Bonchev–Trinajstić information content (AvgIpc) is 3.92. The second kappa shape index (κ2) is 13.0. The van der Waals surface area contributed by atoms with E-state index in [1.807, 2.05) is 0 Å². The molecule has 2 nitrogen and oxygen atoms in total. The van der Waals surface area contributed by atoms with Crippen LogP contribution in [0.15, 0.2) is 217 Å². The quantitative estimate of drug-likeness (QED) is 0.168. The summed E-state index contributed by atoms with van der Waals surface area (Å²) in [4.78, 5) is 2.41. The molecule has 284 valence electrons. The Morgan fingerprint density at radius 1 is 0.400 bits per heavy atom. The highest BCUT2D eigenvalue weighted by Crippen LogP contribution is 2.59. The summed E-state index contributed by atoms with van der Waals surface area (Å²) in [5.41, 5.74) is 19.3. The Morgan fingerprint density at radius 2 is 0.933 bits per heavy atom. The monoisotopic (exact) mass is 767 g/mol. The van der Waals surface area contributed by atoms with Gasteiger partial charge in [0.25, 0.3) is 0 Å². The minimum absolute atomic E-state index is 0.158. The third-order valence-electron chi connectivity index (χ3n) is 13.4. The number of furan rings is 1. The molecule has 0 fully saturated rings. The summed E-state index contributed by atoms with van der Waals surface area (Å²) in [6.07, 6.45) is 0. The normalized spacial score (nSPS) is 14.1. The third-order valence-corrected chi connectivity index (χ3v) is 13.4. The molecule has 1 heterocycles. The van der Waals surface area contributed by atoms with Crippen molar-refractivity contribution in [3.05, 3.63) is 246 Å². The summed E-state index contributed by atoms with van der Waals surface area (Å²) in [7, 11) is 0. The summed E-state index contributed by atoms with van der Waals surface area (Å²) >= 11 is 0. The minimum atomic E-state index is -0.594. The minimum Gasteiger partial charge on any atom is -0.454 e. The number of hydrogen-bond acceptors (Lipinski definition) is 2. The maximum absolute atomic E-state index is 7.20. The van der Waals surface area contributed by atoms with Gasteiger partial charge in [-0.3, -0.25) is 0 Å². The summed E-state index contributed by atoms with van der Waals surface area (Å²) in [5, 5.41) is 2.23. The van der Waals surface area contributed by atoms with Crippen LogP contribution in [0, 0.1) is 0 Å². The van der Waals surface area contributed by atoms with Crippen LogP contribution in [0.25, 0.3) is 55.3 Å². The van der Waals surface area contributed by atoms with Crippen molar-refractivity contribution < 1.29 is 4.42 Å². The van der Waals surface area contributed by atoms with Gasteiger partial charge in [-0.05, 0) is 103 Å². The first-order valence-electron chi connectivity index (χ1n) is 20.9. The summed E-state index contributed by atoms with van der Waals surface area (Å²) in [5.74, 6) is 0. The lowest BCUT2D eigenvalue weighted by Gasteiger charge is -2.35. The van der Waals surface area contributed by atoms with E-state index in [4.69, 9.17) is 4.42 Å². The van der Waals surface area contributed by atoms with Crippen molar-refractivity contribution in [1.82, 2.24) is 0 Å². The van der Waals surface area contributed by atoms with E-state index in [-0.39, 0.29) is 5.41 Å². The molecule has 2 aliphatic carbocycles. The molecule has 0 atom stereocenters. The molecule has 0 saturated carbocycles. The van der Waals surface area contributed by atoms with Crippen LogP contribution in [0.1, 0.15) is 47.2 Å². The van der Waals surface area contributed by atoms with Gasteiger partial charge in [0.1, 0.15) is 5.58 Å². The fourth-order valence-corrected chi connectivity index (χ4v) is 10.7. The van der Waals surface area contributed by atoms with E-state index in [0.29, 0.717) is 0 Å². The third kappa shape index (κ3) is 4.82. The predicted octanol–water partition coefficient (Wildman–Crippen LogP) is 15.4. The number of hydrogen-bond donors (Lipinski definition) is 0. The molecule has 2 heteroatoms. The molecule has 9 aromatic carbocycles. The van der Waals surface area contributed by atoms with E-state index in [0.717, 1.165) is 39.0 Å². The average molecular weight is 768 g/mol. The van der Waals surface area contributed by atoms with Crippen molar-refractivity contribution in [2.24, 2.45) is 0 Å². The lowest BCUT2D eigenvalue weighted by molar-refractivity contribution is 0.660. The van der Waals surface area contributed by atoms with Gasteiger partial charge in [-0.25, -0.2) is 0 Å². The van der Waals surface area contributed by atoms with E-state index < -0.39 is 5.41 Å². The van der Waals surface area contributed by atoms with Gasteiger partial charge < -0.3 is 9.32 Å². The molecule has 60 heavy (non-hydrogen) atoms. The number of benzene rings is 9. The number of rotatable bonds is 6. The lowest BCUT2D eigenvalue weighted by Crippen LogP contribution is -2.29. The number of nitrogens with zero attached hydrogens (tertiary/aromatic N) is 1. The SMILES string of the molecule is CC1(C)c2ccccc2-c2ccc(N(c3ccc(-c4ccccc4)cc3)c3ccc(C4(c5ccccc5)c5ccccc5-c5ccccc54)c4c3oc3ccccc34)cc21. The van der Waals surface area contributed by atoms with E-state index >= 15 is 0 Å². The Bertz CT molecular complexity index is 3240. The Labute approximate surface area is 350 Å². The van der Waals surface area contributed by atoms with E-state index in [1.54, 1.807) is 0 Å². The molecule has 12 rings (SSSR count). The Morgan fingerprint density at radius 3 is 1.63 bits per heavy atom. The van der Waals surface area contributed by atoms with E-state index in [9.17, 15) is 0 Å². The molecule has 10 aromatic rings.